The summed E-state index contributed by atoms with van der Waals surface area (Å²) in [6, 6.07) is 4.38. The predicted octanol–water partition coefficient (Wildman–Crippen LogP) is 2.75. The first-order valence-corrected chi connectivity index (χ1v) is 9.99. The maximum absolute atomic E-state index is 13.5. The summed E-state index contributed by atoms with van der Waals surface area (Å²) >= 11 is 0. The lowest BCUT2D eigenvalue weighted by molar-refractivity contribution is 0.00244. The van der Waals surface area contributed by atoms with Crippen LogP contribution in [0.4, 0.5) is 4.39 Å². The van der Waals surface area contributed by atoms with E-state index in [1.807, 2.05) is 6.92 Å². The van der Waals surface area contributed by atoms with Crippen LogP contribution in [0, 0.1) is 30.5 Å². The first-order valence-electron chi connectivity index (χ1n) is 9.99. The second-order valence-corrected chi connectivity index (χ2v) is 8.84. The van der Waals surface area contributed by atoms with Crippen molar-refractivity contribution in [1.82, 2.24) is 10.2 Å². The lowest BCUT2D eigenvalue weighted by Crippen LogP contribution is -2.42. The van der Waals surface area contributed by atoms with Gasteiger partial charge in [-0.25, -0.2) is 4.39 Å². The summed E-state index contributed by atoms with van der Waals surface area (Å²) in [4.78, 5) is 15.2. The number of aryl methyl sites for hydroxylation is 1. The van der Waals surface area contributed by atoms with Gasteiger partial charge < -0.3 is 10.1 Å². The van der Waals surface area contributed by atoms with Crippen molar-refractivity contribution in [2.24, 2.45) is 17.8 Å². The zero-order valence-electron chi connectivity index (χ0n) is 15.3. The van der Waals surface area contributed by atoms with Crippen LogP contribution in [0.5, 0.6) is 0 Å². The molecule has 1 aromatic carbocycles. The van der Waals surface area contributed by atoms with Crippen molar-refractivity contribution < 1.29 is 13.9 Å². The number of carbonyl (C=O) groups is 1. The van der Waals surface area contributed by atoms with Crippen molar-refractivity contribution in [3.05, 3.63) is 35.1 Å². The van der Waals surface area contributed by atoms with E-state index in [1.54, 1.807) is 6.07 Å². The van der Waals surface area contributed by atoms with Gasteiger partial charge >= 0.3 is 0 Å². The Morgan fingerprint density at radius 1 is 1.38 bits per heavy atom. The van der Waals surface area contributed by atoms with Gasteiger partial charge in [0, 0.05) is 43.6 Å². The van der Waals surface area contributed by atoms with Crippen molar-refractivity contribution in [3.63, 3.8) is 0 Å². The van der Waals surface area contributed by atoms with Crippen LogP contribution in [0.25, 0.3) is 0 Å². The second kappa shape index (κ2) is 6.03. The highest BCUT2D eigenvalue weighted by Crippen LogP contribution is 2.55. The van der Waals surface area contributed by atoms with Gasteiger partial charge in [-0.2, -0.15) is 0 Å². The van der Waals surface area contributed by atoms with Gasteiger partial charge in [0.15, 0.2) is 0 Å². The van der Waals surface area contributed by atoms with Crippen LogP contribution in [0.1, 0.15) is 41.6 Å². The van der Waals surface area contributed by atoms with Crippen molar-refractivity contribution in [1.29, 1.82) is 0 Å². The Bertz CT molecular complexity index is 735. The molecule has 4 nitrogen and oxygen atoms in total. The quantitative estimate of drug-likeness (QED) is 0.880. The van der Waals surface area contributed by atoms with Crippen molar-refractivity contribution in [3.8, 4) is 0 Å². The molecular weight excluding hydrogens is 331 g/mol. The molecular formula is C21H27FN2O2. The number of benzene rings is 1. The highest BCUT2D eigenvalue weighted by molar-refractivity contribution is 5.95. The first kappa shape index (κ1) is 16.7. The third kappa shape index (κ3) is 2.76. The lowest BCUT2D eigenvalue weighted by atomic mass is 9.73. The van der Waals surface area contributed by atoms with Gasteiger partial charge in [0.2, 0.25) is 0 Å². The lowest BCUT2D eigenvalue weighted by Gasteiger charge is -2.29. The van der Waals surface area contributed by atoms with Gasteiger partial charge in [-0.15, -0.1) is 0 Å². The van der Waals surface area contributed by atoms with E-state index in [9.17, 15) is 9.18 Å². The number of hydrogen-bond donors (Lipinski definition) is 1. The molecule has 1 saturated carbocycles. The van der Waals surface area contributed by atoms with Crippen LogP contribution in [-0.2, 0) is 4.74 Å². The summed E-state index contributed by atoms with van der Waals surface area (Å²) in [6.45, 7) is 5.86. The molecule has 4 fully saturated rings. The van der Waals surface area contributed by atoms with E-state index in [0.29, 0.717) is 23.9 Å². The Morgan fingerprint density at radius 2 is 2.23 bits per heavy atom. The number of ether oxygens (including phenoxy) is 1. The van der Waals surface area contributed by atoms with Crippen LogP contribution in [0.15, 0.2) is 18.2 Å². The van der Waals surface area contributed by atoms with Crippen LogP contribution < -0.4 is 5.32 Å². The zero-order chi connectivity index (χ0) is 17.9. The topological polar surface area (TPSA) is 41.6 Å². The highest BCUT2D eigenvalue weighted by Gasteiger charge is 2.62. The van der Waals surface area contributed by atoms with E-state index in [1.165, 1.54) is 31.5 Å². The maximum atomic E-state index is 13.5. The van der Waals surface area contributed by atoms with Crippen LogP contribution in [0.2, 0.25) is 0 Å². The number of fused-ring (bicyclic) bond motifs is 1. The Hall–Kier alpha value is -1.46. The standard InChI is InChI=1S/C21H27FN2O2/c1-13-2-5-15(22)8-16(13)20(25)23-9-17-18-11-24(10-14-3-4-14)12-21(18)7-6-19(17)26-21/h2,5,8,14,17-19H,3-4,6-7,9-12H2,1H3,(H,23,25)/t17-,18+,19+,21+/m0/s1. The summed E-state index contributed by atoms with van der Waals surface area (Å²) in [5, 5.41) is 3.07. The minimum atomic E-state index is -0.366. The Balaban J connectivity index is 1.26. The summed E-state index contributed by atoms with van der Waals surface area (Å²) < 4.78 is 19.9. The molecule has 1 amide bonds. The molecule has 0 unspecified atom stereocenters. The fraction of sp³-hybridized carbons (Fsp3) is 0.667. The number of carbonyl (C=O) groups excluding carboxylic acids is 1. The molecule has 3 saturated heterocycles. The third-order valence-electron chi connectivity index (χ3n) is 7.01. The molecule has 5 rings (SSSR count). The number of nitrogens with zero attached hydrogens (tertiary/aromatic N) is 1. The molecule has 3 aliphatic heterocycles. The van der Waals surface area contributed by atoms with Crippen LogP contribution >= 0.6 is 0 Å². The molecule has 4 atom stereocenters. The predicted molar refractivity (Wildman–Crippen MR) is 96.5 cm³/mol. The monoisotopic (exact) mass is 358 g/mol. The number of likely N-dealkylation sites (tertiary alicyclic amines) is 1. The fourth-order valence-electron chi connectivity index (χ4n) is 5.51. The number of amides is 1. The van der Waals surface area contributed by atoms with Crippen LogP contribution in [-0.4, -0.2) is 48.7 Å². The number of halogens is 1. The number of nitrogens with one attached hydrogen (secondary N) is 1. The minimum Gasteiger partial charge on any atom is -0.370 e. The fourth-order valence-corrected chi connectivity index (χ4v) is 5.51. The molecule has 140 valence electrons. The maximum Gasteiger partial charge on any atom is 0.251 e. The van der Waals surface area contributed by atoms with Gasteiger partial charge in [0.25, 0.3) is 5.91 Å². The molecule has 1 spiro atoms. The van der Waals surface area contributed by atoms with Crippen molar-refractivity contribution >= 4 is 5.91 Å². The van der Waals surface area contributed by atoms with Gasteiger partial charge in [0.05, 0.1) is 11.7 Å². The Labute approximate surface area is 154 Å². The van der Waals surface area contributed by atoms with E-state index in [-0.39, 0.29) is 23.4 Å². The number of hydrogen-bond acceptors (Lipinski definition) is 3. The Morgan fingerprint density at radius 3 is 3.04 bits per heavy atom. The molecule has 3 heterocycles. The largest absolute Gasteiger partial charge is 0.370 e. The summed E-state index contributed by atoms with van der Waals surface area (Å²) in [6.07, 6.45) is 5.30. The van der Waals surface area contributed by atoms with Gasteiger partial charge in [-0.05, 0) is 56.2 Å². The van der Waals surface area contributed by atoms with E-state index in [0.717, 1.165) is 37.4 Å². The summed E-state index contributed by atoms with van der Waals surface area (Å²) in [7, 11) is 0. The normalized spacial score (nSPS) is 35.7. The van der Waals surface area contributed by atoms with Crippen LogP contribution in [0.3, 0.4) is 0 Å². The summed E-state index contributed by atoms with van der Waals surface area (Å²) in [5.41, 5.74) is 1.27. The van der Waals surface area contributed by atoms with Gasteiger partial charge in [0.1, 0.15) is 5.82 Å². The highest BCUT2D eigenvalue weighted by atomic mass is 19.1. The SMILES string of the molecule is Cc1ccc(F)cc1C(=O)NC[C@H]1[C@H]2CN(CC3CC3)C[C@]23CC[C@H]1O3. The average Bonchev–Trinajstić information content (AvgIpc) is 3.11. The van der Waals surface area contributed by atoms with Gasteiger partial charge in [-0.1, -0.05) is 6.07 Å². The van der Waals surface area contributed by atoms with E-state index < -0.39 is 0 Å². The smallest absolute Gasteiger partial charge is 0.251 e. The van der Waals surface area contributed by atoms with E-state index in [2.05, 4.69) is 10.2 Å². The zero-order valence-corrected chi connectivity index (χ0v) is 15.3. The summed E-state index contributed by atoms with van der Waals surface area (Å²) in [5.74, 6) is 1.26. The first-order chi connectivity index (χ1) is 12.5. The molecule has 26 heavy (non-hydrogen) atoms. The van der Waals surface area contributed by atoms with E-state index in [4.69, 9.17) is 4.74 Å². The molecule has 4 aliphatic rings. The molecule has 1 N–H and O–H groups in total. The third-order valence-corrected chi connectivity index (χ3v) is 7.01. The number of rotatable bonds is 5. The van der Waals surface area contributed by atoms with Crippen molar-refractivity contribution in [2.45, 2.75) is 44.3 Å². The molecule has 2 bridgehead atoms. The van der Waals surface area contributed by atoms with Gasteiger partial charge in [-0.3, -0.25) is 9.69 Å². The average molecular weight is 358 g/mol. The minimum absolute atomic E-state index is 0.0315. The molecule has 1 aromatic rings. The van der Waals surface area contributed by atoms with E-state index >= 15 is 0 Å². The molecule has 1 aliphatic carbocycles. The Kier molecular flexibility index (Phi) is 3.87. The molecule has 0 radical (unpaired) electrons. The molecule has 0 aromatic heterocycles. The second-order valence-electron chi connectivity index (χ2n) is 8.84. The molecule has 5 heteroatoms. The van der Waals surface area contributed by atoms with Crippen molar-refractivity contribution in [2.75, 3.05) is 26.2 Å².